The van der Waals surface area contributed by atoms with Gasteiger partial charge >= 0.3 is 0 Å². The predicted molar refractivity (Wildman–Crippen MR) is 79.0 cm³/mol. The molecule has 1 atom stereocenters. The van der Waals surface area contributed by atoms with Gasteiger partial charge in [0, 0.05) is 50.4 Å². The van der Waals surface area contributed by atoms with E-state index in [4.69, 9.17) is 0 Å². The number of aliphatic hydroxyl groups is 1. The van der Waals surface area contributed by atoms with Crippen molar-refractivity contribution < 1.29 is 13.9 Å². The summed E-state index contributed by atoms with van der Waals surface area (Å²) in [6.07, 6.45) is 0.709. The summed E-state index contributed by atoms with van der Waals surface area (Å²) in [4.78, 5) is 4.51. The molecule has 0 unspecified atom stereocenters. The summed E-state index contributed by atoms with van der Waals surface area (Å²) in [6, 6.07) is 4.28. The molecule has 3 nitrogen and oxygen atoms in total. The molecule has 0 saturated carbocycles. The lowest BCUT2D eigenvalue weighted by Crippen LogP contribution is -2.55. The molecule has 1 N–H and O–H groups in total. The van der Waals surface area contributed by atoms with E-state index in [9.17, 15) is 13.9 Å². The summed E-state index contributed by atoms with van der Waals surface area (Å²) >= 11 is 0. The lowest BCUT2D eigenvalue weighted by molar-refractivity contribution is 0.0344. The van der Waals surface area contributed by atoms with Crippen LogP contribution in [0.5, 0.6) is 0 Å². The minimum atomic E-state index is -0.404. The van der Waals surface area contributed by atoms with Crippen molar-refractivity contribution in [2.24, 2.45) is 0 Å². The predicted octanol–water partition coefficient (Wildman–Crippen LogP) is 2.24. The Morgan fingerprint density at radius 2 is 2.05 bits per heavy atom. The first-order valence-corrected chi connectivity index (χ1v) is 7.54. The Bertz CT molecular complexity index is 468. The SMILES string of the molecule is CC(C)N1CCN(Cc2cc(F)ccc2F)C[C@@H]1CCO. The summed E-state index contributed by atoms with van der Waals surface area (Å²) in [5.74, 6) is -0.763. The highest BCUT2D eigenvalue weighted by atomic mass is 19.1. The highest BCUT2D eigenvalue weighted by molar-refractivity contribution is 5.18. The average molecular weight is 298 g/mol. The second kappa shape index (κ2) is 7.29. The molecule has 1 aliphatic heterocycles. The molecule has 5 heteroatoms. The second-order valence-electron chi connectivity index (χ2n) is 5.97. The normalized spacial score (nSPS) is 21.1. The monoisotopic (exact) mass is 298 g/mol. The van der Waals surface area contributed by atoms with E-state index < -0.39 is 5.82 Å². The Morgan fingerprint density at radius 3 is 2.71 bits per heavy atom. The Hall–Kier alpha value is -1.04. The van der Waals surface area contributed by atoms with E-state index in [1.165, 1.54) is 12.1 Å². The van der Waals surface area contributed by atoms with Crippen LogP contribution < -0.4 is 0 Å². The zero-order valence-corrected chi connectivity index (χ0v) is 12.7. The molecular weight excluding hydrogens is 274 g/mol. The van der Waals surface area contributed by atoms with Gasteiger partial charge in [-0.3, -0.25) is 9.80 Å². The molecule has 1 heterocycles. The fourth-order valence-electron chi connectivity index (χ4n) is 3.07. The van der Waals surface area contributed by atoms with Crippen LogP contribution in [0.1, 0.15) is 25.8 Å². The first-order valence-electron chi connectivity index (χ1n) is 7.54. The third kappa shape index (κ3) is 4.22. The zero-order chi connectivity index (χ0) is 15.4. The minimum absolute atomic E-state index is 0.149. The first kappa shape index (κ1) is 16.3. The number of benzene rings is 1. The molecule has 21 heavy (non-hydrogen) atoms. The van der Waals surface area contributed by atoms with Crippen LogP contribution in [0.2, 0.25) is 0 Å². The molecule has 1 aromatic rings. The molecule has 2 rings (SSSR count). The number of hydrogen-bond donors (Lipinski definition) is 1. The lowest BCUT2D eigenvalue weighted by atomic mass is 10.1. The number of nitrogens with zero attached hydrogens (tertiary/aromatic N) is 2. The van der Waals surface area contributed by atoms with Crippen molar-refractivity contribution in [2.75, 3.05) is 26.2 Å². The summed E-state index contributed by atoms with van der Waals surface area (Å²) < 4.78 is 27.0. The van der Waals surface area contributed by atoms with Crippen molar-refractivity contribution in [3.05, 3.63) is 35.4 Å². The van der Waals surface area contributed by atoms with Crippen molar-refractivity contribution in [3.8, 4) is 0 Å². The van der Waals surface area contributed by atoms with Crippen molar-refractivity contribution in [3.63, 3.8) is 0 Å². The molecule has 118 valence electrons. The molecule has 0 aromatic heterocycles. The highest BCUT2D eigenvalue weighted by Crippen LogP contribution is 2.19. The second-order valence-corrected chi connectivity index (χ2v) is 5.97. The van der Waals surface area contributed by atoms with Crippen LogP contribution in [0.3, 0.4) is 0 Å². The largest absolute Gasteiger partial charge is 0.396 e. The number of hydrogen-bond acceptors (Lipinski definition) is 3. The van der Waals surface area contributed by atoms with Crippen LogP contribution in [0.15, 0.2) is 18.2 Å². The van der Waals surface area contributed by atoms with E-state index in [2.05, 4.69) is 23.6 Å². The molecule has 1 fully saturated rings. The van der Waals surface area contributed by atoms with Crippen molar-refractivity contribution >= 4 is 0 Å². The molecule has 1 aliphatic rings. The smallest absolute Gasteiger partial charge is 0.127 e. The molecule has 0 bridgehead atoms. The minimum Gasteiger partial charge on any atom is -0.396 e. The molecule has 0 spiro atoms. The standard InChI is InChI=1S/C16H24F2N2O/c1-12(2)20-7-6-19(11-15(20)5-8-21)10-13-9-14(17)3-4-16(13)18/h3-4,9,12,15,21H,5-8,10-11H2,1-2H3/t15-/m0/s1. The van der Waals surface area contributed by atoms with Crippen LogP contribution in [-0.4, -0.2) is 53.2 Å². The number of halogens is 2. The average Bonchev–Trinajstić information content (AvgIpc) is 2.43. The van der Waals surface area contributed by atoms with Gasteiger partial charge in [-0.25, -0.2) is 8.78 Å². The third-order valence-electron chi connectivity index (χ3n) is 4.14. The number of aliphatic hydroxyl groups excluding tert-OH is 1. The van der Waals surface area contributed by atoms with Crippen LogP contribution in [0.25, 0.3) is 0 Å². The molecule has 0 radical (unpaired) electrons. The van der Waals surface area contributed by atoms with E-state index in [1.54, 1.807) is 0 Å². The van der Waals surface area contributed by atoms with Gasteiger partial charge in [0.05, 0.1) is 0 Å². The van der Waals surface area contributed by atoms with Gasteiger partial charge in [0.15, 0.2) is 0 Å². The molecular formula is C16H24F2N2O. The lowest BCUT2D eigenvalue weighted by Gasteiger charge is -2.43. The van der Waals surface area contributed by atoms with E-state index in [0.29, 0.717) is 24.6 Å². The van der Waals surface area contributed by atoms with Gasteiger partial charge in [-0.1, -0.05) is 0 Å². The molecule has 1 aromatic carbocycles. The van der Waals surface area contributed by atoms with Gasteiger partial charge in [0.1, 0.15) is 11.6 Å². The van der Waals surface area contributed by atoms with Crippen molar-refractivity contribution in [1.82, 2.24) is 9.80 Å². The van der Waals surface area contributed by atoms with E-state index in [-0.39, 0.29) is 18.5 Å². The van der Waals surface area contributed by atoms with Gasteiger partial charge < -0.3 is 5.11 Å². The number of piperazine rings is 1. The Balaban J connectivity index is 2.03. The zero-order valence-electron chi connectivity index (χ0n) is 12.7. The van der Waals surface area contributed by atoms with Crippen LogP contribution >= 0.6 is 0 Å². The van der Waals surface area contributed by atoms with Crippen LogP contribution in [0, 0.1) is 11.6 Å². The Labute approximate surface area is 125 Å². The third-order valence-corrected chi connectivity index (χ3v) is 4.14. The summed E-state index contributed by atoms with van der Waals surface area (Å²) in [5, 5.41) is 9.22. The molecule has 1 saturated heterocycles. The van der Waals surface area contributed by atoms with Gasteiger partial charge in [-0.2, -0.15) is 0 Å². The summed E-state index contributed by atoms with van der Waals surface area (Å²) in [7, 11) is 0. The fourth-order valence-corrected chi connectivity index (χ4v) is 3.07. The fraction of sp³-hybridized carbons (Fsp3) is 0.625. The summed E-state index contributed by atoms with van der Waals surface area (Å²) in [6.45, 7) is 7.34. The van der Waals surface area contributed by atoms with E-state index in [1.807, 2.05) is 0 Å². The van der Waals surface area contributed by atoms with Gasteiger partial charge in [0.2, 0.25) is 0 Å². The van der Waals surface area contributed by atoms with E-state index >= 15 is 0 Å². The van der Waals surface area contributed by atoms with E-state index in [0.717, 1.165) is 25.7 Å². The maximum absolute atomic E-state index is 13.7. The highest BCUT2D eigenvalue weighted by Gasteiger charge is 2.28. The van der Waals surface area contributed by atoms with Crippen molar-refractivity contribution in [2.45, 2.75) is 38.9 Å². The maximum atomic E-state index is 13.7. The van der Waals surface area contributed by atoms with Crippen LogP contribution in [0.4, 0.5) is 8.78 Å². The quantitative estimate of drug-likeness (QED) is 0.903. The first-order chi connectivity index (χ1) is 10.0. The Kier molecular flexibility index (Phi) is 5.67. The van der Waals surface area contributed by atoms with Crippen LogP contribution in [-0.2, 0) is 6.54 Å². The van der Waals surface area contributed by atoms with Gasteiger partial charge in [0.25, 0.3) is 0 Å². The number of rotatable bonds is 5. The molecule has 0 aliphatic carbocycles. The van der Waals surface area contributed by atoms with Crippen molar-refractivity contribution in [1.29, 1.82) is 0 Å². The summed E-state index contributed by atoms with van der Waals surface area (Å²) in [5.41, 5.74) is 0.399. The van der Waals surface area contributed by atoms with Gasteiger partial charge in [-0.15, -0.1) is 0 Å². The molecule has 0 amide bonds. The Morgan fingerprint density at radius 1 is 1.29 bits per heavy atom. The maximum Gasteiger partial charge on any atom is 0.127 e. The topological polar surface area (TPSA) is 26.7 Å². The van der Waals surface area contributed by atoms with Gasteiger partial charge in [-0.05, 0) is 38.5 Å².